The number of aryl methyl sites for hydroxylation is 1. The molecule has 0 aliphatic carbocycles. The topological polar surface area (TPSA) is 60.9 Å². The van der Waals surface area contributed by atoms with Gasteiger partial charge in [0.15, 0.2) is 0 Å². The first kappa shape index (κ1) is 12.4. The Morgan fingerprint density at radius 2 is 1.90 bits per heavy atom. The summed E-state index contributed by atoms with van der Waals surface area (Å²) in [6.45, 7) is 2.05. The van der Waals surface area contributed by atoms with E-state index in [1.54, 1.807) is 6.07 Å². The maximum Gasteiger partial charge on any atom is 0.250 e. The lowest BCUT2D eigenvalue weighted by Crippen LogP contribution is -2.11. The summed E-state index contributed by atoms with van der Waals surface area (Å²) in [4.78, 5) is 16.1. The first-order chi connectivity index (χ1) is 9.72. The quantitative estimate of drug-likeness (QED) is 0.791. The van der Waals surface area contributed by atoms with Crippen LogP contribution in [0.2, 0.25) is 0 Å². The number of nitrogens with zero attached hydrogens (tertiary/aromatic N) is 2. The van der Waals surface area contributed by atoms with Crippen molar-refractivity contribution in [2.24, 2.45) is 5.73 Å². The predicted octanol–water partition coefficient (Wildman–Crippen LogP) is 2.69. The second-order valence-corrected chi connectivity index (χ2v) is 4.59. The number of primary amides is 1. The lowest BCUT2D eigenvalue weighted by molar-refractivity contribution is 0.100. The van der Waals surface area contributed by atoms with Crippen LogP contribution in [0, 0.1) is 0 Å². The third-order valence-corrected chi connectivity index (χ3v) is 3.35. The lowest BCUT2D eigenvalue weighted by Gasteiger charge is -2.07. The lowest BCUT2D eigenvalue weighted by atomic mass is 10.1. The fraction of sp³-hybridized carbons (Fsp3) is 0.125. The minimum Gasteiger partial charge on any atom is -0.366 e. The van der Waals surface area contributed by atoms with Crippen molar-refractivity contribution in [3.63, 3.8) is 0 Å². The van der Waals surface area contributed by atoms with Crippen molar-refractivity contribution < 1.29 is 4.79 Å². The number of para-hydroxylation sites is 2. The van der Waals surface area contributed by atoms with Gasteiger partial charge in [-0.2, -0.15) is 0 Å². The van der Waals surface area contributed by atoms with Crippen molar-refractivity contribution in [1.29, 1.82) is 0 Å². The van der Waals surface area contributed by atoms with Crippen molar-refractivity contribution in [1.82, 2.24) is 9.55 Å². The maximum absolute atomic E-state index is 11.5. The van der Waals surface area contributed by atoms with Crippen molar-refractivity contribution in [3.05, 3.63) is 59.9 Å². The molecule has 0 saturated carbocycles. The van der Waals surface area contributed by atoms with E-state index in [4.69, 9.17) is 5.73 Å². The number of hydrogen-bond acceptors (Lipinski definition) is 2. The zero-order valence-electron chi connectivity index (χ0n) is 11.2. The van der Waals surface area contributed by atoms with E-state index in [9.17, 15) is 4.79 Å². The minimum atomic E-state index is -0.448. The molecular formula is C16H15N3O. The summed E-state index contributed by atoms with van der Waals surface area (Å²) >= 11 is 0. The molecule has 1 aromatic heterocycles. The summed E-state index contributed by atoms with van der Waals surface area (Å²) in [7, 11) is 0. The number of carbonyl (C=O) groups is 1. The van der Waals surface area contributed by atoms with Gasteiger partial charge in [0, 0.05) is 12.1 Å². The highest BCUT2D eigenvalue weighted by Gasteiger charge is 2.15. The van der Waals surface area contributed by atoms with Crippen molar-refractivity contribution in [2.45, 2.75) is 13.3 Å². The van der Waals surface area contributed by atoms with Gasteiger partial charge in [-0.1, -0.05) is 31.2 Å². The molecule has 2 N–H and O–H groups in total. The number of nitrogens with two attached hydrogens (primary N) is 1. The molecule has 0 aliphatic rings. The van der Waals surface area contributed by atoms with Crippen LogP contribution in [0.1, 0.15) is 23.1 Å². The zero-order chi connectivity index (χ0) is 14.1. The smallest absolute Gasteiger partial charge is 0.250 e. The summed E-state index contributed by atoms with van der Waals surface area (Å²) in [5.74, 6) is 0.468. The molecule has 4 nitrogen and oxygen atoms in total. The molecule has 4 heteroatoms. The third-order valence-electron chi connectivity index (χ3n) is 3.35. The standard InChI is InChI=1S/C16H15N3O/c1-2-14-18-15-12(16(17)20)9-6-10-13(15)19(14)11-7-4-3-5-8-11/h3-10H,2H2,1H3,(H2,17,20). The van der Waals surface area contributed by atoms with E-state index in [0.29, 0.717) is 11.1 Å². The highest BCUT2D eigenvalue weighted by atomic mass is 16.1. The maximum atomic E-state index is 11.5. The van der Waals surface area contributed by atoms with Crippen molar-refractivity contribution in [2.75, 3.05) is 0 Å². The highest BCUT2D eigenvalue weighted by molar-refractivity contribution is 6.04. The zero-order valence-corrected chi connectivity index (χ0v) is 11.2. The minimum absolute atomic E-state index is 0.448. The van der Waals surface area contributed by atoms with Gasteiger partial charge < -0.3 is 5.73 Å². The summed E-state index contributed by atoms with van der Waals surface area (Å²) < 4.78 is 2.07. The molecule has 0 unspecified atom stereocenters. The SMILES string of the molecule is CCc1nc2c(C(N)=O)cccc2n1-c1ccccc1. The fourth-order valence-electron chi connectivity index (χ4n) is 2.45. The van der Waals surface area contributed by atoms with E-state index in [-0.39, 0.29) is 0 Å². The Hall–Kier alpha value is -2.62. The largest absolute Gasteiger partial charge is 0.366 e. The van der Waals surface area contributed by atoms with E-state index in [0.717, 1.165) is 23.4 Å². The Morgan fingerprint density at radius 1 is 1.15 bits per heavy atom. The van der Waals surface area contributed by atoms with Crippen LogP contribution in [0.15, 0.2) is 48.5 Å². The van der Waals surface area contributed by atoms with E-state index < -0.39 is 5.91 Å². The van der Waals surface area contributed by atoms with Crippen LogP contribution in [0.5, 0.6) is 0 Å². The molecule has 0 spiro atoms. The number of rotatable bonds is 3. The molecule has 1 amide bonds. The van der Waals surface area contributed by atoms with Crippen LogP contribution in [-0.4, -0.2) is 15.5 Å². The molecule has 0 atom stereocenters. The molecule has 0 saturated heterocycles. The monoisotopic (exact) mass is 265 g/mol. The summed E-state index contributed by atoms with van der Waals surface area (Å²) in [5, 5.41) is 0. The molecule has 1 heterocycles. The highest BCUT2D eigenvalue weighted by Crippen LogP contribution is 2.24. The summed E-state index contributed by atoms with van der Waals surface area (Å²) in [6, 6.07) is 15.5. The number of imidazole rings is 1. The van der Waals surface area contributed by atoms with Gasteiger partial charge >= 0.3 is 0 Å². The van der Waals surface area contributed by atoms with Gasteiger partial charge in [-0.05, 0) is 24.3 Å². The van der Waals surface area contributed by atoms with Gasteiger partial charge in [0.2, 0.25) is 0 Å². The molecular weight excluding hydrogens is 250 g/mol. The van der Waals surface area contributed by atoms with Gasteiger partial charge in [-0.15, -0.1) is 0 Å². The third kappa shape index (κ3) is 1.86. The molecule has 0 aliphatic heterocycles. The van der Waals surface area contributed by atoms with E-state index in [1.165, 1.54) is 0 Å². The molecule has 3 aromatic rings. The number of benzene rings is 2. The molecule has 0 bridgehead atoms. The first-order valence-corrected chi connectivity index (χ1v) is 6.58. The van der Waals surface area contributed by atoms with Crippen LogP contribution in [-0.2, 0) is 6.42 Å². The van der Waals surface area contributed by atoms with Gasteiger partial charge in [0.1, 0.15) is 11.3 Å². The van der Waals surface area contributed by atoms with Gasteiger partial charge in [0.05, 0.1) is 11.1 Å². The van der Waals surface area contributed by atoms with E-state index >= 15 is 0 Å². The average molecular weight is 265 g/mol. The van der Waals surface area contributed by atoms with Gasteiger partial charge in [-0.3, -0.25) is 9.36 Å². The predicted molar refractivity (Wildman–Crippen MR) is 79.0 cm³/mol. The Morgan fingerprint density at radius 3 is 2.55 bits per heavy atom. The van der Waals surface area contributed by atoms with Crippen molar-refractivity contribution >= 4 is 16.9 Å². The van der Waals surface area contributed by atoms with Gasteiger partial charge in [-0.25, -0.2) is 4.98 Å². The van der Waals surface area contributed by atoms with Crippen LogP contribution in [0.4, 0.5) is 0 Å². The second-order valence-electron chi connectivity index (χ2n) is 4.59. The Balaban J connectivity index is 2.37. The number of carbonyl (C=O) groups excluding carboxylic acids is 1. The fourth-order valence-corrected chi connectivity index (χ4v) is 2.45. The summed E-state index contributed by atoms with van der Waals surface area (Å²) in [5.41, 5.74) is 8.51. The first-order valence-electron chi connectivity index (χ1n) is 6.58. The molecule has 100 valence electrons. The van der Waals surface area contributed by atoms with Crippen LogP contribution >= 0.6 is 0 Å². The van der Waals surface area contributed by atoms with E-state index in [2.05, 4.69) is 9.55 Å². The van der Waals surface area contributed by atoms with Crippen LogP contribution < -0.4 is 5.73 Å². The van der Waals surface area contributed by atoms with Gasteiger partial charge in [0.25, 0.3) is 5.91 Å². The second kappa shape index (κ2) is 4.81. The Kier molecular flexibility index (Phi) is 2.99. The molecule has 2 aromatic carbocycles. The number of fused-ring (bicyclic) bond motifs is 1. The number of amides is 1. The average Bonchev–Trinajstić information content (AvgIpc) is 2.86. The number of aromatic nitrogens is 2. The normalized spacial score (nSPS) is 10.8. The Labute approximate surface area is 116 Å². The Bertz CT molecular complexity index is 775. The van der Waals surface area contributed by atoms with Crippen molar-refractivity contribution in [3.8, 4) is 5.69 Å². The summed E-state index contributed by atoms with van der Waals surface area (Å²) in [6.07, 6.45) is 0.780. The van der Waals surface area contributed by atoms with E-state index in [1.807, 2.05) is 49.4 Å². The molecule has 0 fully saturated rings. The van der Waals surface area contributed by atoms with Crippen LogP contribution in [0.25, 0.3) is 16.7 Å². The molecule has 20 heavy (non-hydrogen) atoms. The van der Waals surface area contributed by atoms with Crippen LogP contribution in [0.3, 0.4) is 0 Å². The number of hydrogen-bond donors (Lipinski definition) is 1. The molecule has 0 radical (unpaired) electrons. The molecule has 3 rings (SSSR count).